The molecule has 3 aromatic rings. The van der Waals surface area contributed by atoms with E-state index in [9.17, 15) is 9.18 Å². The Balaban J connectivity index is 1.60. The summed E-state index contributed by atoms with van der Waals surface area (Å²) in [6.45, 7) is 1.67. The van der Waals surface area contributed by atoms with Gasteiger partial charge in [-0.3, -0.25) is 9.69 Å². The van der Waals surface area contributed by atoms with Gasteiger partial charge in [-0.15, -0.1) is 0 Å². The summed E-state index contributed by atoms with van der Waals surface area (Å²) < 4.78 is 19.1. The standard InChI is InChI=1S/C18H16FN3O2/c19-14-5-2-1-4-12(14)10-22-8-7-15-13(11-22)18(23)21-17(20-15)16-6-3-9-24-16/h1-6,9H,7-8,10-11H2,(H,20,21,23). The third-order valence-electron chi connectivity index (χ3n) is 4.25. The molecule has 5 nitrogen and oxygen atoms in total. The van der Waals surface area contributed by atoms with Gasteiger partial charge < -0.3 is 9.40 Å². The molecule has 3 heterocycles. The van der Waals surface area contributed by atoms with Gasteiger partial charge in [-0.1, -0.05) is 18.2 Å². The van der Waals surface area contributed by atoms with Gasteiger partial charge in [-0.2, -0.15) is 0 Å². The second-order valence-electron chi connectivity index (χ2n) is 5.87. The molecule has 4 rings (SSSR count). The van der Waals surface area contributed by atoms with Crippen LogP contribution < -0.4 is 5.56 Å². The zero-order valence-electron chi connectivity index (χ0n) is 13.0. The van der Waals surface area contributed by atoms with Crippen molar-refractivity contribution < 1.29 is 8.81 Å². The van der Waals surface area contributed by atoms with Crippen LogP contribution in [0.4, 0.5) is 4.39 Å². The first-order valence-electron chi connectivity index (χ1n) is 7.82. The van der Waals surface area contributed by atoms with Gasteiger partial charge in [-0.05, 0) is 18.2 Å². The van der Waals surface area contributed by atoms with Crippen LogP contribution in [0.3, 0.4) is 0 Å². The number of halogens is 1. The Kier molecular flexibility index (Phi) is 3.74. The molecule has 24 heavy (non-hydrogen) atoms. The van der Waals surface area contributed by atoms with Crippen LogP contribution in [-0.4, -0.2) is 21.4 Å². The van der Waals surface area contributed by atoms with Crippen LogP contribution in [0.25, 0.3) is 11.6 Å². The van der Waals surface area contributed by atoms with Gasteiger partial charge in [0.2, 0.25) is 0 Å². The highest BCUT2D eigenvalue weighted by Gasteiger charge is 2.22. The van der Waals surface area contributed by atoms with E-state index in [0.29, 0.717) is 42.2 Å². The van der Waals surface area contributed by atoms with Gasteiger partial charge in [-0.25, -0.2) is 9.37 Å². The van der Waals surface area contributed by atoms with Crippen molar-refractivity contribution in [2.45, 2.75) is 19.5 Å². The molecule has 0 spiro atoms. The lowest BCUT2D eigenvalue weighted by Crippen LogP contribution is -2.35. The number of hydrogen-bond acceptors (Lipinski definition) is 4. The fraction of sp³-hybridized carbons (Fsp3) is 0.222. The smallest absolute Gasteiger partial charge is 0.256 e. The maximum absolute atomic E-state index is 13.8. The van der Waals surface area contributed by atoms with Gasteiger partial charge >= 0.3 is 0 Å². The van der Waals surface area contributed by atoms with Gasteiger partial charge in [0, 0.05) is 31.6 Å². The largest absolute Gasteiger partial charge is 0.461 e. The van der Waals surface area contributed by atoms with Crippen molar-refractivity contribution >= 4 is 0 Å². The molecule has 1 N–H and O–H groups in total. The van der Waals surface area contributed by atoms with Crippen molar-refractivity contribution in [3.05, 3.63) is 75.7 Å². The average molecular weight is 325 g/mol. The lowest BCUT2D eigenvalue weighted by Gasteiger charge is -2.27. The Morgan fingerprint density at radius 3 is 2.92 bits per heavy atom. The van der Waals surface area contributed by atoms with E-state index in [1.165, 1.54) is 6.07 Å². The van der Waals surface area contributed by atoms with E-state index in [0.717, 1.165) is 12.2 Å². The van der Waals surface area contributed by atoms with Crippen molar-refractivity contribution in [2.75, 3.05) is 6.54 Å². The third-order valence-corrected chi connectivity index (χ3v) is 4.25. The Labute approximate surface area is 137 Å². The molecule has 0 atom stereocenters. The molecule has 0 unspecified atom stereocenters. The van der Waals surface area contributed by atoms with Gasteiger partial charge in [0.25, 0.3) is 5.56 Å². The van der Waals surface area contributed by atoms with Crippen LogP contribution in [0.5, 0.6) is 0 Å². The summed E-state index contributed by atoms with van der Waals surface area (Å²) in [5.74, 6) is 0.776. The number of hydrogen-bond donors (Lipinski definition) is 1. The van der Waals surface area contributed by atoms with E-state index < -0.39 is 0 Å². The van der Waals surface area contributed by atoms with Crippen molar-refractivity contribution in [3.63, 3.8) is 0 Å². The van der Waals surface area contributed by atoms with Crippen molar-refractivity contribution in [3.8, 4) is 11.6 Å². The molecule has 0 amide bonds. The number of nitrogens with one attached hydrogen (secondary N) is 1. The minimum atomic E-state index is -0.219. The summed E-state index contributed by atoms with van der Waals surface area (Å²) in [4.78, 5) is 21.8. The van der Waals surface area contributed by atoms with Crippen molar-refractivity contribution in [1.29, 1.82) is 0 Å². The molecule has 0 saturated carbocycles. The molecule has 0 radical (unpaired) electrons. The Hall–Kier alpha value is -2.73. The fourth-order valence-electron chi connectivity index (χ4n) is 3.01. The van der Waals surface area contributed by atoms with E-state index in [1.54, 1.807) is 30.5 Å². The maximum atomic E-state index is 13.8. The van der Waals surface area contributed by atoms with Crippen molar-refractivity contribution in [2.24, 2.45) is 0 Å². The number of benzene rings is 1. The molecule has 6 heteroatoms. The average Bonchev–Trinajstić information content (AvgIpc) is 3.12. The molecule has 0 saturated heterocycles. The lowest BCUT2D eigenvalue weighted by atomic mass is 10.1. The van der Waals surface area contributed by atoms with Crippen LogP contribution >= 0.6 is 0 Å². The van der Waals surface area contributed by atoms with Crippen LogP contribution in [-0.2, 0) is 19.5 Å². The van der Waals surface area contributed by atoms with Gasteiger partial charge in [0.1, 0.15) is 5.82 Å². The molecule has 122 valence electrons. The molecule has 0 bridgehead atoms. The second-order valence-corrected chi connectivity index (χ2v) is 5.87. The van der Waals surface area contributed by atoms with E-state index >= 15 is 0 Å². The number of fused-ring (bicyclic) bond motifs is 1. The summed E-state index contributed by atoms with van der Waals surface area (Å²) >= 11 is 0. The van der Waals surface area contributed by atoms with E-state index in [-0.39, 0.29) is 11.4 Å². The van der Waals surface area contributed by atoms with Gasteiger partial charge in [0.15, 0.2) is 11.6 Å². The minimum Gasteiger partial charge on any atom is -0.461 e. The summed E-state index contributed by atoms with van der Waals surface area (Å²) in [5, 5.41) is 0. The SMILES string of the molecule is O=c1[nH]c(-c2ccco2)nc2c1CN(Cc1ccccc1F)CC2. The quantitative estimate of drug-likeness (QED) is 0.804. The molecule has 1 aromatic carbocycles. The topological polar surface area (TPSA) is 62.1 Å². The maximum Gasteiger partial charge on any atom is 0.256 e. The Morgan fingerprint density at radius 2 is 2.12 bits per heavy atom. The van der Waals surface area contributed by atoms with Gasteiger partial charge in [0.05, 0.1) is 17.5 Å². The molecule has 1 aliphatic heterocycles. The molecule has 0 fully saturated rings. The number of aromatic amines is 1. The fourth-order valence-corrected chi connectivity index (χ4v) is 3.01. The number of nitrogens with zero attached hydrogens (tertiary/aromatic N) is 2. The van der Waals surface area contributed by atoms with E-state index in [4.69, 9.17) is 4.42 Å². The number of aromatic nitrogens is 2. The van der Waals surface area contributed by atoms with Crippen LogP contribution in [0.2, 0.25) is 0 Å². The normalized spacial score (nSPS) is 14.5. The molecular formula is C18H16FN3O2. The highest BCUT2D eigenvalue weighted by atomic mass is 19.1. The highest BCUT2D eigenvalue weighted by Crippen LogP contribution is 2.20. The summed E-state index contributed by atoms with van der Waals surface area (Å²) in [6.07, 6.45) is 2.20. The summed E-state index contributed by atoms with van der Waals surface area (Å²) in [5.41, 5.74) is 1.91. The lowest BCUT2D eigenvalue weighted by molar-refractivity contribution is 0.238. The van der Waals surface area contributed by atoms with Crippen molar-refractivity contribution in [1.82, 2.24) is 14.9 Å². The third kappa shape index (κ3) is 2.76. The predicted octanol–water partition coefficient (Wildman–Crippen LogP) is 2.73. The number of rotatable bonds is 3. The summed E-state index contributed by atoms with van der Waals surface area (Å²) in [7, 11) is 0. The first-order chi connectivity index (χ1) is 11.7. The van der Waals surface area contributed by atoms with Crippen LogP contribution in [0, 0.1) is 5.82 Å². The predicted molar refractivity (Wildman–Crippen MR) is 86.8 cm³/mol. The highest BCUT2D eigenvalue weighted by molar-refractivity contribution is 5.47. The van der Waals surface area contributed by atoms with E-state index in [2.05, 4.69) is 14.9 Å². The Morgan fingerprint density at radius 1 is 1.25 bits per heavy atom. The zero-order chi connectivity index (χ0) is 16.5. The monoisotopic (exact) mass is 325 g/mol. The van der Waals surface area contributed by atoms with Crippen LogP contribution in [0.15, 0.2) is 51.9 Å². The second kappa shape index (κ2) is 6.05. The molecule has 2 aromatic heterocycles. The zero-order valence-corrected chi connectivity index (χ0v) is 13.0. The summed E-state index contributed by atoms with van der Waals surface area (Å²) in [6, 6.07) is 10.2. The number of H-pyrrole nitrogens is 1. The molecule has 1 aliphatic rings. The first kappa shape index (κ1) is 14.8. The first-order valence-corrected chi connectivity index (χ1v) is 7.82. The number of furan rings is 1. The molecule has 0 aliphatic carbocycles. The van der Waals surface area contributed by atoms with E-state index in [1.807, 2.05) is 6.07 Å². The molecular weight excluding hydrogens is 309 g/mol. The Bertz CT molecular complexity index is 918. The minimum absolute atomic E-state index is 0.162. The van der Waals surface area contributed by atoms with Crippen LogP contribution in [0.1, 0.15) is 16.8 Å².